The number of carboxylic acid groups (broad SMARTS) is 1. The van der Waals surface area contributed by atoms with Gasteiger partial charge in [0.15, 0.2) is 0 Å². The highest BCUT2D eigenvalue weighted by Crippen LogP contribution is 2.15. The molecule has 0 saturated heterocycles. The van der Waals surface area contributed by atoms with Gasteiger partial charge in [0, 0.05) is 6.42 Å². The Morgan fingerprint density at radius 3 is 2.32 bits per heavy atom. The molecule has 19 heavy (non-hydrogen) atoms. The average Bonchev–Trinajstić information content (AvgIpc) is 2.23. The molecule has 0 aliphatic rings. The first-order chi connectivity index (χ1) is 8.60. The summed E-state index contributed by atoms with van der Waals surface area (Å²) in [6.45, 7) is 1.28. The van der Waals surface area contributed by atoms with Crippen LogP contribution in [0.2, 0.25) is 0 Å². The van der Waals surface area contributed by atoms with Gasteiger partial charge in [-0.15, -0.1) is 0 Å². The highest BCUT2D eigenvalue weighted by molar-refractivity contribution is 5.86. The van der Waals surface area contributed by atoms with Gasteiger partial charge in [-0.3, -0.25) is 4.79 Å². The van der Waals surface area contributed by atoms with E-state index >= 15 is 0 Å². The van der Waals surface area contributed by atoms with Gasteiger partial charge >= 0.3 is 12.1 Å². The molecule has 0 aromatic rings. The molecule has 0 aliphatic heterocycles. The summed E-state index contributed by atoms with van der Waals surface area (Å²) in [6.07, 6.45) is -3.97. The highest BCUT2D eigenvalue weighted by atomic mass is 19.4. The van der Waals surface area contributed by atoms with Crippen molar-refractivity contribution in [1.29, 1.82) is 0 Å². The Hall–Kier alpha value is -1.31. The third kappa shape index (κ3) is 7.66. The average molecular weight is 285 g/mol. The lowest BCUT2D eigenvalue weighted by Gasteiger charge is -2.25. The summed E-state index contributed by atoms with van der Waals surface area (Å²) in [6, 6.07) is 0. The number of hydrogen-bond donors (Lipinski definition) is 2. The number of amides is 1. The van der Waals surface area contributed by atoms with Gasteiger partial charge < -0.3 is 15.2 Å². The normalized spacial score (nSPS) is 14.8. The van der Waals surface area contributed by atoms with Crippen molar-refractivity contribution in [2.75, 3.05) is 13.2 Å². The van der Waals surface area contributed by atoms with Gasteiger partial charge in [-0.25, -0.2) is 4.79 Å². The Morgan fingerprint density at radius 1 is 1.32 bits per heavy atom. The molecule has 8 heteroatoms. The van der Waals surface area contributed by atoms with Gasteiger partial charge in [-0.1, -0.05) is 13.3 Å². The zero-order valence-electron chi connectivity index (χ0n) is 10.8. The predicted octanol–water partition coefficient (Wildman–Crippen LogP) is 1.71. The number of ether oxygens (including phenoxy) is 1. The number of carbonyl (C=O) groups excluding carboxylic acids is 1. The van der Waals surface area contributed by atoms with E-state index in [1.807, 2.05) is 0 Å². The van der Waals surface area contributed by atoms with Crippen LogP contribution in [0, 0.1) is 0 Å². The molecule has 0 saturated carbocycles. The zero-order valence-corrected chi connectivity index (χ0v) is 10.8. The molecular weight excluding hydrogens is 267 g/mol. The molecule has 112 valence electrons. The van der Waals surface area contributed by atoms with Crippen molar-refractivity contribution in [2.24, 2.45) is 0 Å². The summed E-state index contributed by atoms with van der Waals surface area (Å²) in [4.78, 5) is 22.4. The van der Waals surface area contributed by atoms with E-state index in [0.29, 0.717) is 6.42 Å². The number of halogens is 3. The molecular formula is C11H18F3NO4. The third-order valence-electron chi connectivity index (χ3n) is 2.38. The van der Waals surface area contributed by atoms with Gasteiger partial charge in [0.1, 0.15) is 12.1 Å². The number of hydrogen-bond acceptors (Lipinski definition) is 3. The van der Waals surface area contributed by atoms with Gasteiger partial charge in [0.05, 0.1) is 6.61 Å². The molecule has 0 spiro atoms. The second-order valence-corrected chi connectivity index (χ2v) is 4.35. The molecule has 0 aromatic heterocycles. The van der Waals surface area contributed by atoms with E-state index < -0.39 is 36.8 Å². The summed E-state index contributed by atoms with van der Waals surface area (Å²) >= 11 is 0. The number of nitrogens with one attached hydrogen (secondary N) is 1. The van der Waals surface area contributed by atoms with Crippen molar-refractivity contribution in [3.63, 3.8) is 0 Å². The van der Waals surface area contributed by atoms with Crippen LogP contribution < -0.4 is 5.32 Å². The van der Waals surface area contributed by atoms with E-state index in [2.05, 4.69) is 10.1 Å². The number of aliphatic carboxylic acids is 1. The molecule has 0 fully saturated rings. The quantitative estimate of drug-likeness (QED) is 0.666. The van der Waals surface area contributed by atoms with Crippen LogP contribution in [0.5, 0.6) is 0 Å². The maximum absolute atomic E-state index is 11.8. The van der Waals surface area contributed by atoms with Crippen LogP contribution in [-0.4, -0.2) is 41.9 Å². The number of carbonyl (C=O) groups is 2. The second kappa shape index (κ2) is 7.32. The predicted molar refractivity (Wildman–Crippen MR) is 60.6 cm³/mol. The van der Waals surface area contributed by atoms with Crippen LogP contribution in [0.1, 0.15) is 33.1 Å². The monoisotopic (exact) mass is 285 g/mol. The Morgan fingerprint density at radius 2 is 1.89 bits per heavy atom. The van der Waals surface area contributed by atoms with Gasteiger partial charge in [0.25, 0.3) is 0 Å². The lowest BCUT2D eigenvalue weighted by Crippen LogP contribution is -2.52. The molecule has 2 N–H and O–H groups in total. The molecule has 1 atom stereocenters. The minimum atomic E-state index is -4.44. The van der Waals surface area contributed by atoms with Crippen LogP contribution in [0.4, 0.5) is 13.2 Å². The van der Waals surface area contributed by atoms with Crippen molar-refractivity contribution in [3.05, 3.63) is 0 Å². The van der Waals surface area contributed by atoms with E-state index in [4.69, 9.17) is 5.11 Å². The Bertz CT molecular complexity index is 320. The van der Waals surface area contributed by atoms with E-state index in [9.17, 15) is 22.8 Å². The summed E-state index contributed by atoms with van der Waals surface area (Å²) in [5, 5.41) is 11.3. The molecule has 0 rings (SSSR count). The summed E-state index contributed by atoms with van der Waals surface area (Å²) < 4.78 is 39.5. The Balaban J connectivity index is 4.12. The summed E-state index contributed by atoms with van der Waals surface area (Å²) in [7, 11) is 0. The number of carboxylic acids is 1. The standard InChI is InChI=1S/C11H18F3NO4/c1-3-5-10(2,9(17)18)15-8(16)4-6-19-7-11(12,13)14/h3-7H2,1-2H3,(H,15,16)(H,17,18). The smallest absolute Gasteiger partial charge is 0.411 e. The fraction of sp³-hybridized carbons (Fsp3) is 0.818. The van der Waals surface area contributed by atoms with Crippen molar-refractivity contribution >= 4 is 11.9 Å². The molecule has 1 amide bonds. The lowest BCUT2D eigenvalue weighted by atomic mass is 9.96. The number of rotatable bonds is 8. The van der Waals surface area contributed by atoms with Crippen LogP contribution in [-0.2, 0) is 14.3 Å². The topological polar surface area (TPSA) is 75.6 Å². The molecule has 5 nitrogen and oxygen atoms in total. The van der Waals surface area contributed by atoms with Crippen molar-refractivity contribution in [1.82, 2.24) is 5.32 Å². The molecule has 0 aliphatic carbocycles. The van der Waals surface area contributed by atoms with Crippen molar-refractivity contribution in [3.8, 4) is 0 Å². The van der Waals surface area contributed by atoms with Crippen molar-refractivity contribution in [2.45, 2.75) is 44.8 Å². The first kappa shape index (κ1) is 17.7. The maximum Gasteiger partial charge on any atom is 0.411 e. The van der Waals surface area contributed by atoms with Gasteiger partial charge in [-0.2, -0.15) is 13.2 Å². The van der Waals surface area contributed by atoms with Crippen LogP contribution in [0.25, 0.3) is 0 Å². The van der Waals surface area contributed by atoms with Crippen LogP contribution >= 0.6 is 0 Å². The summed E-state index contributed by atoms with van der Waals surface area (Å²) in [5.41, 5.74) is -1.41. The molecule has 0 aromatic carbocycles. The number of alkyl halides is 3. The van der Waals surface area contributed by atoms with E-state index in [1.165, 1.54) is 6.92 Å². The highest BCUT2D eigenvalue weighted by Gasteiger charge is 2.33. The first-order valence-corrected chi connectivity index (χ1v) is 5.79. The van der Waals surface area contributed by atoms with Crippen molar-refractivity contribution < 1.29 is 32.6 Å². The largest absolute Gasteiger partial charge is 0.480 e. The van der Waals surface area contributed by atoms with Gasteiger partial charge in [-0.05, 0) is 13.3 Å². The maximum atomic E-state index is 11.8. The minimum Gasteiger partial charge on any atom is -0.480 e. The van der Waals surface area contributed by atoms with Crippen LogP contribution in [0.3, 0.4) is 0 Å². The second-order valence-electron chi connectivity index (χ2n) is 4.35. The van der Waals surface area contributed by atoms with Crippen LogP contribution in [0.15, 0.2) is 0 Å². The lowest BCUT2D eigenvalue weighted by molar-refractivity contribution is -0.174. The van der Waals surface area contributed by atoms with E-state index in [0.717, 1.165) is 0 Å². The summed E-state index contributed by atoms with van der Waals surface area (Å²) in [5.74, 6) is -1.83. The molecule has 0 bridgehead atoms. The molecule has 0 heterocycles. The zero-order chi connectivity index (χ0) is 15.1. The molecule has 0 radical (unpaired) electrons. The molecule has 1 unspecified atom stereocenters. The van der Waals surface area contributed by atoms with E-state index in [-0.39, 0.29) is 12.8 Å². The third-order valence-corrected chi connectivity index (χ3v) is 2.38. The van der Waals surface area contributed by atoms with Gasteiger partial charge in [0.2, 0.25) is 5.91 Å². The SMILES string of the molecule is CCCC(C)(NC(=O)CCOCC(F)(F)F)C(=O)O. The fourth-order valence-electron chi connectivity index (χ4n) is 1.45. The first-order valence-electron chi connectivity index (χ1n) is 5.79. The Labute approximate surface area is 109 Å². The Kier molecular flexibility index (Phi) is 6.82. The fourth-order valence-corrected chi connectivity index (χ4v) is 1.45. The van der Waals surface area contributed by atoms with E-state index in [1.54, 1.807) is 6.92 Å². The minimum absolute atomic E-state index is 0.234.